The molecule has 0 bridgehead atoms. The molecular weight excluding hydrogens is 201 g/mol. The fourth-order valence-electron chi connectivity index (χ4n) is 1.74. The van der Waals surface area contributed by atoms with Crippen LogP contribution < -0.4 is 5.32 Å². The van der Waals surface area contributed by atoms with Gasteiger partial charge in [0.2, 0.25) is 0 Å². The van der Waals surface area contributed by atoms with Crippen LogP contribution in [0.4, 0.5) is 4.39 Å². The van der Waals surface area contributed by atoms with E-state index in [9.17, 15) is 4.39 Å². The zero-order valence-electron chi connectivity index (χ0n) is 10.5. The molecule has 16 heavy (non-hydrogen) atoms. The van der Waals surface area contributed by atoms with Crippen molar-refractivity contribution in [2.24, 2.45) is 5.92 Å². The van der Waals surface area contributed by atoms with E-state index in [-0.39, 0.29) is 5.82 Å². The molecule has 2 unspecified atom stereocenters. The number of benzene rings is 1. The van der Waals surface area contributed by atoms with Crippen molar-refractivity contribution in [3.8, 4) is 0 Å². The first-order valence-electron chi connectivity index (χ1n) is 6.11. The Labute approximate surface area is 98.1 Å². The zero-order valence-corrected chi connectivity index (χ0v) is 10.5. The number of nitrogens with one attached hydrogen (secondary N) is 1. The Hall–Kier alpha value is -0.890. The lowest BCUT2D eigenvalue weighted by atomic mass is 9.95. The molecule has 0 aromatic heterocycles. The van der Waals surface area contributed by atoms with E-state index in [2.05, 4.69) is 26.1 Å². The lowest BCUT2D eigenvalue weighted by Gasteiger charge is -2.21. The van der Waals surface area contributed by atoms with Gasteiger partial charge in [0.1, 0.15) is 5.82 Å². The predicted molar refractivity (Wildman–Crippen MR) is 67.0 cm³/mol. The van der Waals surface area contributed by atoms with Gasteiger partial charge >= 0.3 is 0 Å². The van der Waals surface area contributed by atoms with Gasteiger partial charge in [-0.2, -0.15) is 0 Å². The summed E-state index contributed by atoms with van der Waals surface area (Å²) in [6.07, 6.45) is 2.16. The van der Waals surface area contributed by atoms with Gasteiger partial charge in [-0.15, -0.1) is 0 Å². The molecule has 0 aliphatic carbocycles. The van der Waals surface area contributed by atoms with E-state index >= 15 is 0 Å². The summed E-state index contributed by atoms with van der Waals surface area (Å²) in [5.41, 5.74) is 1.21. The highest BCUT2D eigenvalue weighted by molar-refractivity contribution is 5.16. The Morgan fingerprint density at radius 3 is 2.38 bits per heavy atom. The van der Waals surface area contributed by atoms with Crippen molar-refractivity contribution >= 4 is 0 Å². The molecule has 1 aromatic carbocycles. The molecule has 1 nitrogen and oxygen atoms in total. The average molecular weight is 223 g/mol. The molecule has 0 saturated carbocycles. The van der Waals surface area contributed by atoms with E-state index < -0.39 is 0 Å². The molecule has 2 heteroatoms. The average Bonchev–Trinajstić information content (AvgIpc) is 2.29. The second-order valence-electron chi connectivity index (χ2n) is 4.55. The van der Waals surface area contributed by atoms with E-state index in [0.29, 0.717) is 12.0 Å². The van der Waals surface area contributed by atoms with Crippen LogP contribution in [0.25, 0.3) is 0 Å². The van der Waals surface area contributed by atoms with Gasteiger partial charge in [0.25, 0.3) is 0 Å². The smallest absolute Gasteiger partial charge is 0.123 e. The van der Waals surface area contributed by atoms with E-state index in [1.54, 1.807) is 0 Å². The normalized spacial score (nSPS) is 14.8. The van der Waals surface area contributed by atoms with E-state index in [0.717, 1.165) is 19.4 Å². The van der Waals surface area contributed by atoms with Gasteiger partial charge < -0.3 is 5.32 Å². The number of hydrogen-bond acceptors (Lipinski definition) is 1. The highest BCUT2D eigenvalue weighted by atomic mass is 19.1. The van der Waals surface area contributed by atoms with Gasteiger partial charge in [0.15, 0.2) is 0 Å². The van der Waals surface area contributed by atoms with Crippen LogP contribution in [-0.2, 0) is 6.42 Å². The first-order chi connectivity index (χ1) is 7.63. The highest BCUT2D eigenvalue weighted by Gasteiger charge is 2.11. The number of halogens is 1. The first-order valence-corrected chi connectivity index (χ1v) is 6.11. The van der Waals surface area contributed by atoms with Crippen molar-refractivity contribution in [1.82, 2.24) is 5.32 Å². The topological polar surface area (TPSA) is 12.0 Å². The Kier molecular flexibility index (Phi) is 5.47. The minimum atomic E-state index is -0.159. The number of rotatable bonds is 6. The Balaban J connectivity index is 2.43. The van der Waals surface area contributed by atoms with Crippen molar-refractivity contribution in [3.05, 3.63) is 35.6 Å². The van der Waals surface area contributed by atoms with Crippen LogP contribution in [0.1, 0.15) is 32.8 Å². The lowest BCUT2D eigenvalue weighted by molar-refractivity contribution is 0.399. The maximum Gasteiger partial charge on any atom is 0.123 e. The fraction of sp³-hybridized carbons (Fsp3) is 0.571. The van der Waals surface area contributed by atoms with Crippen molar-refractivity contribution in [2.45, 2.75) is 39.7 Å². The zero-order chi connectivity index (χ0) is 12.0. The largest absolute Gasteiger partial charge is 0.314 e. The summed E-state index contributed by atoms with van der Waals surface area (Å²) in [6, 6.07) is 7.32. The maximum absolute atomic E-state index is 12.7. The Morgan fingerprint density at radius 2 is 1.81 bits per heavy atom. The van der Waals surface area contributed by atoms with Gasteiger partial charge in [0.05, 0.1) is 0 Å². The van der Waals surface area contributed by atoms with E-state index in [4.69, 9.17) is 0 Å². The molecular formula is C14H22FN. The summed E-state index contributed by atoms with van der Waals surface area (Å²) in [5, 5.41) is 3.49. The van der Waals surface area contributed by atoms with Gasteiger partial charge in [-0.1, -0.05) is 26.0 Å². The molecule has 1 aromatic rings. The second kappa shape index (κ2) is 6.64. The van der Waals surface area contributed by atoms with Crippen LogP contribution in [0.15, 0.2) is 24.3 Å². The summed E-state index contributed by atoms with van der Waals surface area (Å²) in [7, 11) is 0. The summed E-state index contributed by atoms with van der Waals surface area (Å²) in [5.74, 6) is 0.408. The second-order valence-corrected chi connectivity index (χ2v) is 4.55. The van der Waals surface area contributed by atoms with Gasteiger partial charge in [0, 0.05) is 6.04 Å². The fourth-order valence-corrected chi connectivity index (χ4v) is 1.74. The standard InChI is InChI=1S/C14H22FN/c1-4-9-16-12(3)11(2)10-13-5-7-14(15)8-6-13/h5-8,11-12,16H,4,9-10H2,1-3H3. The molecule has 0 aliphatic rings. The van der Waals surface area contributed by atoms with Crippen molar-refractivity contribution in [2.75, 3.05) is 6.54 Å². The quantitative estimate of drug-likeness (QED) is 0.779. The van der Waals surface area contributed by atoms with Crippen LogP contribution in [0.5, 0.6) is 0 Å². The van der Waals surface area contributed by atoms with Crippen LogP contribution in [0.3, 0.4) is 0 Å². The molecule has 0 heterocycles. The van der Waals surface area contributed by atoms with Crippen LogP contribution in [0, 0.1) is 11.7 Å². The first kappa shape index (κ1) is 13.2. The van der Waals surface area contributed by atoms with Crippen molar-refractivity contribution in [1.29, 1.82) is 0 Å². The number of hydrogen-bond donors (Lipinski definition) is 1. The molecule has 0 amide bonds. The van der Waals surface area contributed by atoms with Crippen LogP contribution in [0.2, 0.25) is 0 Å². The highest BCUT2D eigenvalue weighted by Crippen LogP contribution is 2.12. The SMILES string of the molecule is CCCNC(C)C(C)Cc1ccc(F)cc1. The third kappa shape index (κ3) is 4.31. The summed E-state index contributed by atoms with van der Waals surface area (Å²) in [6.45, 7) is 7.68. The molecule has 90 valence electrons. The molecule has 2 atom stereocenters. The molecule has 0 saturated heterocycles. The minimum absolute atomic E-state index is 0.159. The summed E-state index contributed by atoms with van der Waals surface area (Å²) in [4.78, 5) is 0. The van der Waals surface area contributed by atoms with E-state index in [1.807, 2.05) is 12.1 Å². The lowest BCUT2D eigenvalue weighted by Crippen LogP contribution is -2.33. The third-order valence-electron chi connectivity index (χ3n) is 3.04. The maximum atomic E-state index is 12.7. The van der Waals surface area contributed by atoms with Gasteiger partial charge in [-0.05, 0) is 49.9 Å². The Morgan fingerprint density at radius 1 is 1.19 bits per heavy atom. The van der Waals surface area contributed by atoms with Crippen molar-refractivity contribution in [3.63, 3.8) is 0 Å². The van der Waals surface area contributed by atoms with Crippen LogP contribution in [-0.4, -0.2) is 12.6 Å². The Bertz CT molecular complexity index is 294. The minimum Gasteiger partial charge on any atom is -0.314 e. The summed E-state index contributed by atoms with van der Waals surface area (Å²) < 4.78 is 12.7. The predicted octanol–water partition coefficient (Wildman–Crippen LogP) is 3.39. The molecule has 0 spiro atoms. The van der Waals surface area contributed by atoms with Crippen molar-refractivity contribution < 1.29 is 4.39 Å². The van der Waals surface area contributed by atoms with E-state index in [1.165, 1.54) is 17.7 Å². The molecule has 1 rings (SSSR count). The monoisotopic (exact) mass is 223 g/mol. The van der Waals surface area contributed by atoms with Gasteiger partial charge in [-0.3, -0.25) is 0 Å². The molecule has 0 fully saturated rings. The molecule has 1 N–H and O–H groups in total. The third-order valence-corrected chi connectivity index (χ3v) is 3.04. The molecule has 0 aliphatic heterocycles. The summed E-state index contributed by atoms with van der Waals surface area (Å²) >= 11 is 0. The molecule has 0 radical (unpaired) electrons. The van der Waals surface area contributed by atoms with Gasteiger partial charge in [-0.25, -0.2) is 4.39 Å². The van der Waals surface area contributed by atoms with Crippen LogP contribution >= 0.6 is 0 Å².